The predicted octanol–water partition coefficient (Wildman–Crippen LogP) is 2.35. The molecule has 0 radical (unpaired) electrons. The van der Waals surface area contributed by atoms with Crippen LogP contribution >= 0.6 is 0 Å². The van der Waals surface area contributed by atoms with Crippen molar-refractivity contribution in [3.8, 4) is 0 Å². The third-order valence-corrected chi connectivity index (χ3v) is 3.51. The standard InChI is InChI=1S/C18H19N3O3/c1-3-13-6-4-5-7-16(13)20-17(23)18(24)21(12(2)22)15-10-8-14(19)9-11-15/h4-11H,3,19H2,1-2H3,(H,20,23). The Morgan fingerprint density at radius 1 is 1.04 bits per heavy atom. The van der Waals surface area contributed by atoms with E-state index in [2.05, 4.69) is 5.32 Å². The molecule has 124 valence electrons. The Hall–Kier alpha value is -3.15. The molecule has 6 nitrogen and oxygen atoms in total. The number of aryl methyl sites for hydroxylation is 1. The van der Waals surface area contributed by atoms with Crippen molar-refractivity contribution >= 4 is 34.8 Å². The molecular weight excluding hydrogens is 306 g/mol. The fourth-order valence-corrected chi connectivity index (χ4v) is 2.29. The number of anilines is 3. The lowest BCUT2D eigenvalue weighted by Gasteiger charge is -2.19. The second kappa shape index (κ2) is 7.41. The number of amides is 3. The number of rotatable bonds is 3. The highest BCUT2D eigenvalue weighted by Gasteiger charge is 2.27. The average molecular weight is 325 g/mol. The molecule has 0 fully saturated rings. The first kappa shape index (κ1) is 17.2. The Labute approximate surface area is 140 Å². The minimum Gasteiger partial charge on any atom is -0.399 e. The van der Waals surface area contributed by atoms with Crippen molar-refractivity contribution in [2.24, 2.45) is 0 Å². The fourth-order valence-electron chi connectivity index (χ4n) is 2.29. The van der Waals surface area contributed by atoms with Crippen molar-refractivity contribution in [1.82, 2.24) is 0 Å². The van der Waals surface area contributed by atoms with E-state index in [1.807, 2.05) is 19.1 Å². The van der Waals surface area contributed by atoms with Crippen LogP contribution in [0.2, 0.25) is 0 Å². The van der Waals surface area contributed by atoms with Crippen LogP contribution in [0.1, 0.15) is 19.4 Å². The highest BCUT2D eigenvalue weighted by atomic mass is 16.2. The fraction of sp³-hybridized carbons (Fsp3) is 0.167. The van der Waals surface area contributed by atoms with Gasteiger partial charge in [-0.15, -0.1) is 0 Å². The summed E-state index contributed by atoms with van der Waals surface area (Å²) in [7, 11) is 0. The van der Waals surface area contributed by atoms with Gasteiger partial charge in [0.2, 0.25) is 5.91 Å². The van der Waals surface area contributed by atoms with Gasteiger partial charge < -0.3 is 11.1 Å². The number of nitrogens with two attached hydrogens (primary N) is 1. The van der Waals surface area contributed by atoms with Gasteiger partial charge in [-0.25, -0.2) is 4.90 Å². The summed E-state index contributed by atoms with van der Waals surface area (Å²) < 4.78 is 0. The monoisotopic (exact) mass is 325 g/mol. The molecule has 2 aromatic carbocycles. The SMILES string of the molecule is CCc1ccccc1NC(=O)C(=O)N(C(C)=O)c1ccc(N)cc1. The number of hydrogen-bond donors (Lipinski definition) is 2. The van der Waals surface area contributed by atoms with Gasteiger partial charge in [-0.05, 0) is 42.3 Å². The maximum Gasteiger partial charge on any atom is 0.323 e. The second-order valence-corrected chi connectivity index (χ2v) is 5.22. The molecule has 2 aromatic rings. The van der Waals surface area contributed by atoms with Gasteiger partial charge in [-0.1, -0.05) is 25.1 Å². The van der Waals surface area contributed by atoms with Crippen molar-refractivity contribution in [3.05, 3.63) is 54.1 Å². The van der Waals surface area contributed by atoms with Crippen molar-refractivity contribution < 1.29 is 14.4 Å². The third-order valence-electron chi connectivity index (χ3n) is 3.51. The smallest absolute Gasteiger partial charge is 0.323 e. The minimum atomic E-state index is -0.946. The number of carbonyl (C=O) groups is 3. The molecule has 24 heavy (non-hydrogen) atoms. The van der Waals surface area contributed by atoms with Crippen LogP contribution in [0.25, 0.3) is 0 Å². The average Bonchev–Trinajstić information content (AvgIpc) is 2.57. The topological polar surface area (TPSA) is 92.5 Å². The quantitative estimate of drug-likeness (QED) is 0.669. The molecule has 3 N–H and O–H groups in total. The van der Waals surface area contributed by atoms with Gasteiger partial charge in [0, 0.05) is 18.3 Å². The molecule has 0 saturated heterocycles. The van der Waals surface area contributed by atoms with Crippen LogP contribution in [0.15, 0.2) is 48.5 Å². The Balaban J connectivity index is 2.25. The number of imide groups is 1. The third kappa shape index (κ3) is 3.78. The Morgan fingerprint density at radius 3 is 2.25 bits per heavy atom. The summed E-state index contributed by atoms with van der Waals surface area (Å²) in [5, 5.41) is 2.57. The van der Waals surface area contributed by atoms with Gasteiger partial charge in [0.05, 0.1) is 5.69 Å². The zero-order valence-corrected chi connectivity index (χ0v) is 13.6. The van der Waals surface area contributed by atoms with Gasteiger partial charge in [0.1, 0.15) is 0 Å². The molecule has 0 aliphatic rings. The normalized spacial score (nSPS) is 10.1. The maximum atomic E-state index is 12.4. The summed E-state index contributed by atoms with van der Waals surface area (Å²) in [6.45, 7) is 3.17. The molecule has 0 aromatic heterocycles. The molecule has 0 saturated carbocycles. The van der Waals surface area contributed by atoms with E-state index in [1.165, 1.54) is 19.1 Å². The van der Waals surface area contributed by atoms with E-state index in [-0.39, 0.29) is 0 Å². The molecule has 0 unspecified atom stereocenters. The number of nitrogens with one attached hydrogen (secondary N) is 1. The summed E-state index contributed by atoms with van der Waals surface area (Å²) in [4.78, 5) is 37.4. The first-order chi connectivity index (χ1) is 11.4. The minimum absolute atomic E-state index is 0.292. The number of carbonyl (C=O) groups excluding carboxylic acids is 3. The van der Waals surface area contributed by atoms with Crippen LogP contribution in [-0.4, -0.2) is 17.7 Å². The second-order valence-electron chi connectivity index (χ2n) is 5.22. The molecule has 0 atom stereocenters. The lowest BCUT2D eigenvalue weighted by Crippen LogP contribution is -2.42. The summed E-state index contributed by atoms with van der Waals surface area (Å²) >= 11 is 0. The first-order valence-corrected chi connectivity index (χ1v) is 7.53. The summed E-state index contributed by atoms with van der Waals surface area (Å²) in [6.07, 6.45) is 0.707. The van der Waals surface area contributed by atoms with Gasteiger partial charge in [0.15, 0.2) is 0 Å². The maximum absolute atomic E-state index is 12.4. The molecule has 0 heterocycles. The number of para-hydroxylation sites is 1. The summed E-state index contributed by atoms with van der Waals surface area (Å²) in [5.41, 5.74) is 7.85. The Kier molecular flexibility index (Phi) is 5.31. The van der Waals surface area contributed by atoms with E-state index >= 15 is 0 Å². The van der Waals surface area contributed by atoms with Gasteiger partial charge in [-0.2, -0.15) is 0 Å². The van der Waals surface area contributed by atoms with E-state index in [9.17, 15) is 14.4 Å². The predicted molar refractivity (Wildman–Crippen MR) is 93.5 cm³/mol. The lowest BCUT2D eigenvalue weighted by atomic mass is 10.1. The molecule has 0 bridgehead atoms. The van der Waals surface area contributed by atoms with Crippen molar-refractivity contribution in [3.63, 3.8) is 0 Å². The number of nitrogen functional groups attached to an aromatic ring is 1. The largest absolute Gasteiger partial charge is 0.399 e. The van der Waals surface area contributed by atoms with Crippen molar-refractivity contribution in [2.45, 2.75) is 20.3 Å². The van der Waals surface area contributed by atoms with Crippen LogP contribution in [0.3, 0.4) is 0 Å². The van der Waals surface area contributed by atoms with E-state index < -0.39 is 17.7 Å². The molecule has 3 amide bonds. The highest BCUT2D eigenvalue weighted by molar-refractivity contribution is 6.48. The van der Waals surface area contributed by atoms with E-state index in [1.54, 1.807) is 24.3 Å². The lowest BCUT2D eigenvalue weighted by molar-refractivity contribution is -0.136. The molecule has 6 heteroatoms. The summed E-state index contributed by atoms with van der Waals surface area (Å²) in [5.74, 6) is -2.37. The number of benzene rings is 2. The molecule has 2 rings (SSSR count). The zero-order chi connectivity index (χ0) is 17.7. The van der Waals surface area contributed by atoms with Crippen LogP contribution in [0, 0.1) is 0 Å². The van der Waals surface area contributed by atoms with Crippen LogP contribution in [0.4, 0.5) is 17.1 Å². The Bertz CT molecular complexity index is 769. The first-order valence-electron chi connectivity index (χ1n) is 7.53. The van der Waals surface area contributed by atoms with Crippen molar-refractivity contribution in [1.29, 1.82) is 0 Å². The van der Waals surface area contributed by atoms with E-state index in [0.717, 1.165) is 10.5 Å². The molecule has 0 aliphatic carbocycles. The zero-order valence-electron chi connectivity index (χ0n) is 13.6. The van der Waals surface area contributed by atoms with Gasteiger partial charge in [0.25, 0.3) is 0 Å². The van der Waals surface area contributed by atoms with Gasteiger partial charge in [-0.3, -0.25) is 14.4 Å². The van der Waals surface area contributed by atoms with Crippen LogP contribution in [0.5, 0.6) is 0 Å². The number of hydrogen-bond acceptors (Lipinski definition) is 4. The van der Waals surface area contributed by atoms with Crippen molar-refractivity contribution in [2.75, 3.05) is 16.0 Å². The molecular formula is C18H19N3O3. The molecule has 0 spiro atoms. The number of nitrogens with zero attached hydrogens (tertiary/aromatic N) is 1. The summed E-state index contributed by atoms with van der Waals surface area (Å²) in [6, 6.07) is 13.3. The molecule has 0 aliphatic heterocycles. The van der Waals surface area contributed by atoms with Crippen LogP contribution < -0.4 is 16.0 Å². The highest BCUT2D eigenvalue weighted by Crippen LogP contribution is 2.19. The van der Waals surface area contributed by atoms with E-state index in [0.29, 0.717) is 23.5 Å². The Morgan fingerprint density at radius 2 is 1.67 bits per heavy atom. The van der Waals surface area contributed by atoms with Crippen LogP contribution in [-0.2, 0) is 20.8 Å². The van der Waals surface area contributed by atoms with E-state index in [4.69, 9.17) is 5.73 Å². The van der Waals surface area contributed by atoms with Gasteiger partial charge >= 0.3 is 11.8 Å².